The van der Waals surface area contributed by atoms with Crippen LogP contribution >= 0.6 is 22.7 Å². The Hall–Kier alpha value is -5.54. The summed E-state index contributed by atoms with van der Waals surface area (Å²) in [5.41, 5.74) is 13.8. The molecular weight excluding hydrogens is 677 g/mol. The second kappa shape index (κ2) is 12.3. The fraction of sp³-hybridized carbons (Fsp3) is 0.0980. The molecule has 53 heavy (non-hydrogen) atoms. The van der Waals surface area contributed by atoms with Crippen molar-refractivity contribution in [3.63, 3.8) is 0 Å². The Bertz CT molecular complexity index is 2990. The van der Waals surface area contributed by atoms with Crippen molar-refractivity contribution in [2.24, 2.45) is 0 Å². The smallest absolute Gasteiger partial charge is 0.0361 e. The number of hydrogen-bond acceptors (Lipinski definition) is 2. The van der Waals surface area contributed by atoms with Gasteiger partial charge in [0.15, 0.2) is 0 Å². The van der Waals surface area contributed by atoms with Gasteiger partial charge in [-0.3, -0.25) is 0 Å². The quantitative estimate of drug-likeness (QED) is 0.159. The lowest BCUT2D eigenvalue weighted by molar-refractivity contribution is 0.831. The molecule has 1 unspecified atom stereocenters. The van der Waals surface area contributed by atoms with Crippen LogP contribution in [0.15, 0.2) is 150 Å². The molecule has 2 aliphatic rings. The van der Waals surface area contributed by atoms with Crippen LogP contribution in [0.2, 0.25) is 0 Å². The van der Waals surface area contributed by atoms with E-state index in [1.54, 1.807) is 11.3 Å². The summed E-state index contributed by atoms with van der Waals surface area (Å²) in [6.07, 6.45) is 17.2. The molecule has 2 aromatic heterocycles. The molecule has 0 radical (unpaired) electrons. The Kier molecular flexibility index (Phi) is 7.18. The van der Waals surface area contributed by atoms with Crippen molar-refractivity contribution in [1.82, 2.24) is 0 Å². The summed E-state index contributed by atoms with van der Waals surface area (Å²) in [6, 6.07) is 41.6. The number of fused-ring (bicyclic) bond motifs is 7. The summed E-state index contributed by atoms with van der Waals surface area (Å²) in [6.45, 7) is 2.24. The number of aryl methyl sites for hydroxylation is 1. The van der Waals surface area contributed by atoms with Gasteiger partial charge in [0, 0.05) is 26.1 Å². The van der Waals surface area contributed by atoms with Crippen LogP contribution in [0, 0.1) is 6.92 Å². The second-order valence-electron chi connectivity index (χ2n) is 14.7. The van der Waals surface area contributed by atoms with Crippen LogP contribution in [0.25, 0.3) is 91.9 Å². The first-order chi connectivity index (χ1) is 26.2. The molecule has 0 nitrogen and oxygen atoms in total. The first kappa shape index (κ1) is 31.0. The summed E-state index contributed by atoms with van der Waals surface area (Å²) in [7, 11) is 0. The monoisotopic (exact) mass is 712 g/mol. The molecule has 0 bridgehead atoms. The third-order valence-corrected chi connectivity index (χ3v) is 13.7. The van der Waals surface area contributed by atoms with Gasteiger partial charge < -0.3 is 0 Å². The van der Waals surface area contributed by atoms with E-state index in [2.05, 4.69) is 163 Å². The van der Waals surface area contributed by atoms with Gasteiger partial charge in [-0.25, -0.2) is 0 Å². The second-order valence-corrected chi connectivity index (χ2v) is 16.5. The third kappa shape index (κ3) is 4.79. The van der Waals surface area contributed by atoms with Crippen molar-refractivity contribution in [3.8, 4) is 33.4 Å². The molecule has 9 aromatic rings. The lowest BCUT2D eigenvalue weighted by atomic mass is 9.77. The van der Waals surface area contributed by atoms with Crippen LogP contribution in [0.3, 0.4) is 0 Å². The minimum Gasteiger partial charge on any atom is -0.151 e. The molecular formula is C51H36S2. The van der Waals surface area contributed by atoms with Crippen LogP contribution in [-0.2, 0) is 6.42 Å². The molecule has 0 saturated heterocycles. The van der Waals surface area contributed by atoms with Crippen molar-refractivity contribution >= 4 is 81.2 Å². The Balaban J connectivity index is 1.11. The maximum Gasteiger partial charge on any atom is 0.0361 e. The van der Waals surface area contributed by atoms with Crippen molar-refractivity contribution in [2.45, 2.75) is 32.1 Å². The van der Waals surface area contributed by atoms with Crippen LogP contribution in [0.4, 0.5) is 0 Å². The molecule has 2 aliphatic carbocycles. The molecule has 0 aliphatic heterocycles. The van der Waals surface area contributed by atoms with Gasteiger partial charge in [0.1, 0.15) is 0 Å². The van der Waals surface area contributed by atoms with Gasteiger partial charge in [-0.05, 0) is 143 Å². The van der Waals surface area contributed by atoms with Crippen LogP contribution in [-0.4, -0.2) is 0 Å². The van der Waals surface area contributed by atoms with Gasteiger partial charge in [0.25, 0.3) is 0 Å². The fourth-order valence-electron chi connectivity index (χ4n) is 9.39. The van der Waals surface area contributed by atoms with Gasteiger partial charge in [0.2, 0.25) is 0 Å². The van der Waals surface area contributed by atoms with E-state index in [0.717, 1.165) is 19.3 Å². The van der Waals surface area contributed by atoms with Gasteiger partial charge in [-0.1, -0.05) is 127 Å². The van der Waals surface area contributed by atoms with Crippen molar-refractivity contribution in [2.75, 3.05) is 0 Å². The number of rotatable bonds is 4. The molecule has 1 atom stereocenters. The first-order valence-electron chi connectivity index (χ1n) is 18.7. The lowest BCUT2D eigenvalue weighted by Crippen LogP contribution is -2.08. The van der Waals surface area contributed by atoms with Gasteiger partial charge in [-0.2, -0.15) is 11.3 Å². The van der Waals surface area contributed by atoms with Gasteiger partial charge in [0.05, 0.1) is 0 Å². The molecule has 7 aromatic carbocycles. The highest BCUT2D eigenvalue weighted by molar-refractivity contribution is 7.25. The van der Waals surface area contributed by atoms with E-state index in [4.69, 9.17) is 0 Å². The summed E-state index contributed by atoms with van der Waals surface area (Å²) in [4.78, 5) is 0. The SMILES string of the molecule is Cc1cscc1-c1c2ccccc2c(-c2ccc3sc4cc(-c5c6c(c(C7C=CC=CC7)c7ccccc57)CCC=C6)ccc4c3c2)c2ccccc12. The zero-order valence-corrected chi connectivity index (χ0v) is 31.2. The summed E-state index contributed by atoms with van der Waals surface area (Å²) in [5.74, 6) is 0.420. The lowest BCUT2D eigenvalue weighted by Gasteiger charge is -2.27. The maximum atomic E-state index is 2.47. The van der Waals surface area contributed by atoms with E-state index in [1.165, 1.54) is 108 Å². The topological polar surface area (TPSA) is 0 Å². The highest BCUT2D eigenvalue weighted by atomic mass is 32.1. The van der Waals surface area contributed by atoms with E-state index < -0.39 is 0 Å². The van der Waals surface area contributed by atoms with E-state index in [9.17, 15) is 0 Å². The normalized spacial score (nSPS) is 15.4. The molecule has 0 spiro atoms. The van der Waals surface area contributed by atoms with E-state index in [-0.39, 0.29) is 0 Å². The van der Waals surface area contributed by atoms with Crippen LogP contribution in [0.1, 0.15) is 41.0 Å². The number of hydrogen-bond donors (Lipinski definition) is 0. The highest BCUT2D eigenvalue weighted by Crippen LogP contribution is 2.48. The van der Waals surface area contributed by atoms with Crippen LogP contribution in [0.5, 0.6) is 0 Å². The summed E-state index contributed by atoms with van der Waals surface area (Å²) < 4.78 is 2.67. The largest absolute Gasteiger partial charge is 0.151 e. The number of benzene rings is 7. The van der Waals surface area contributed by atoms with Gasteiger partial charge >= 0.3 is 0 Å². The zero-order chi connectivity index (χ0) is 35.0. The average Bonchev–Trinajstić information content (AvgIpc) is 3.81. The minimum atomic E-state index is 0.420. The third-order valence-electron chi connectivity index (χ3n) is 11.7. The highest BCUT2D eigenvalue weighted by Gasteiger charge is 2.25. The van der Waals surface area contributed by atoms with E-state index in [0.29, 0.717) is 5.92 Å². The molecule has 2 heterocycles. The van der Waals surface area contributed by atoms with E-state index in [1.807, 2.05) is 11.3 Å². The van der Waals surface area contributed by atoms with Crippen molar-refractivity contribution in [3.05, 3.63) is 173 Å². The molecule has 0 fully saturated rings. The van der Waals surface area contributed by atoms with Gasteiger partial charge in [-0.15, -0.1) is 11.3 Å². The van der Waals surface area contributed by atoms with Crippen molar-refractivity contribution in [1.29, 1.82) is 0 Å². The molecule has 252 valence electrons. The number of thiophene rings is 2. The molecule has 0 saturated carbocycles. The Morgan fingerprint density at radius 2 is 1.25 bits per heavy atom. The first-order valence-corrected chi connectivity index (χ1v) is 20.5. The fourth-order valence-corrected chi connectivity index (χ4v) is 11.4. The van der Waals surface area contributed by atoms with Crippen molar-refractivity contribution < 1.29 is 0 Å². The molecule has 2 heteroatoms. The molecule has 0 amide bonds. The Morgan fingerprint density at radius 1 is 0.566 bits per heavy atom. The average molecular weight is 713 g/mol. The standard InChI is InChI=1S/C51H36S2/c1-31-29-52-30-45(31)51-42-21-11-9-19-40(42)49(41-20-10-12-22-43(41)51)33-24-26-46-44(27-33)35-25-23-34(28-47(35)53-46)50-38-17-7-5-15-36(38)48(32-13-3-2-4-14-32)37-16-6-8-18-39(37)50/h2-5,7-13,15,17-30,32H,6,14,16H2,1H3. The summed E-state index contributed by atoms with van der Waals surface area (Å²) >= 11 is 3.71. The minimum absolute atomic E-state index is 0.420. The predicted octanol–water partition coefficient (Wildman–Crippen LogP) is 15.4. The predicted molar refractivity (Wildman–Crippen MR) is 234 cm³/mol. The van der Waals surface area contributed by atoms with Crippen LogP contribution < -0.4 is 0 Å². The molecule has 11 rings (SSSR count). The zero-order valence-electron chi connectivity index (χ0n) is 29.5. The number of allylic oxidation sites excluding steroid dienone is 5. The maximum absolute atomic E-state index is 2.47. The molecule has 0 N–H and O–H groups in total. The Morgan fingerprint density at radius 3 is 1.94 bits per heavy atom. The van der Waals surface area contributed by atoms with E-state index >= 15 is 0 Å². The Labute approximate surface area is 317 Å². The summed E-state index contributed by atoms with van der Waals surface area (Å²) in [5, 5.41) is 15.3.